The Morgan fingerprint density at radius 2 is 2.23 bits per heavy atom. The van der Waals surface area contributed by atoms with E-state index in [0.717, 1.165) is 6.42 Å². The number of hydrogen-bond acceptors (Lipinski definition) is 3. The molecule has 1 atom stereocenters. The van der Waals surface area contributed by atoms with Crippen molar-refractivity contribution in [3.63, 3.8) is 0 Å². The number of nitrogens with zero attached hydrogens (tertiary/aromatic N) is 2. The second-order valence-corrected chi connectivity index (χ2v) is 5.45. The molecule has 0 bridgehead atoms. The number of pyridine rings is 1. The largest absolute Gasteiger partial charge is 0.444 e. The van der Waals surface area contributed by atoms with Crippen molar-refractivity contribution < 1.29 is 13.9 Å². The van der Waals surface area contributed by atoms with E-state index >= 15 is 0 Å². The maximum atomic E-state index is 14.4. The maximum Gasteiger partial charge on any atom is 0.414 e. The van der Waals surface area contributed by atoms with E-state index in [4.69, 9.17) is 16.3 Å². The van der Waals surface area contributed by atoms with E-state index in [9.17, 15) is 9.18 Å². The predicted molar refractivity (Wildman–Crippen MR) is 82.5 cm³/mol. The third-order valence-corrected chi connectivity index (χ3v) is 3.86. The molecular formula is C16H14ClFN2O2. The molecular weight excluding hydrogens is 307 g/mol. The molecule has 3 rings (SSSR count). The number of amides is 1. The summed E-state index contributed by atoms with van der Waals surface area (Å²) in [7, 11) is 0. The normalized spacial score (nSPS) is 17.7. The van der Waals surface area contributed by atoms with Crippen LogP contribution >= 0.6 is 11.6 Å². The highest BCUT2D eigenvalue weighted by Crippen LogP contribution is 2.29. The van der Waals surface area contributed by atoms with Gasteiger partial charge in [0.05, 0.1) is 12.2 Å². The molecule has 1 amide bonds. The van der Waals surface area contributed by atoms with Gasteiger partial charge in [0, 0.05) is 17.3 Å². The summed E-state index contributed by atoms with van der Waals surface area (Å²) < 4.78 is 19.5. The molecule has 1 aromatic heterocycles. The van der Waals surface area contributed by atoms with Crippen molar-refractivity contribution in [2.75, 3.05) is 11.4 Å². The molecule has 1 saturated heterocycles. The Kier molecular flexibility index (Phi) is 3.98. The molecule has 0 spiro atoms. The van der Waals surface area contributed by atoms with E-state index in [-0.39, 0.29) is 6.10 Å². The van der Waals surface area contributed by atoms with E-state index in [1.54, 1.807) is 24.3 Å². The molecule has 0 N–H and O–H groups in total. The summed E-state index contributed by atoms with van der Waals surface area (Å²) in [6.07, 6.45) is 1.67. The quantitative estimate of drug-likeness (QED) is 0.793. The van der Waals surface area contributed by atoms with E-state index < -0.39 is 11.9 Å². The zero-order chi connectivity index (χ0) is 15.7. The standard InChI is InChI=1S/C16H14ClFN2O2/c1-2-12-9-20(16(21)22-12)11-4-5-13(14(18)7-11)10-3-6-15(17)19-8-10/h3-8,12H,2,9H2,1H3/t12-/m0/s1. The molecule has 2 heterocycles. The first-order valence-corrected chi connectivity index (χ1v) is 7.36. The number of aromatic nitrogens is 1. The molecule has 4 nitrogen and oxygen atoms in total. The maximum absolute atomic E-state index is 14.4. The van der Waals surface area contributed by atoms with Crippen molar-refractivity contribution in [3.8, 4) is 11.1 Å². The molecule has 1 aliphatic heterocycles. The minimum Gasteiger partial charge on any atom is -0.444 e. The fourth-order valence-electron chi connectivity index (χ4n) is 2.39. The number of carbonyl (C=O) groups is 1. The number of hydrogen-bond donors (Lipinski definition) is 0. The van der Waals surface area contributed by atoms with Gasteiger partial charge in [-0.2, -0.15) is 0 Å². The van der Waals surface area contributed by atoms with Crippen LogP contribution in [0.2, 0.25) is 5.15 Å². The van der Waals surface area contributed by atoms with Gasteiger partial charge < -0.3 is 4.74 Å². The van der Waals surface area contributed by atoms with Crippen LogP contribution in [0.5, 0.6) is 0 Å². The van der Waals surface area contributed by atoms with E-state index in [1.807, 2.05) is 6.92 Å². The summed E-state index contributed by atoms with van der Waals surface area (Å²) in [5.41, 5.74) is 1.53. The smallest absolute Gasteiger partial charge is 0.414 e. The van der Waals surface area contributed by atoms with Gasteiger partial charge in [0.1, 0.15) is 17.1 Å². The van der Waals surface area contributed by atoms with Gasteiger partial charge in [-0.25, -0.2) is 14.2 Å². The first-order chi connectivity index (χ1) is 10.6. The van der Waals surface area contributed by atoms with Crippen molar-refractivity contribution in [2.45, 2.75) is 19.4 Å². The summed E-state index contributed by atoms with van der Waals surface area (Å²) in [5, 5.41) is 0.353. The number of halogens is 2. The molecule has 114 valence electrons. The lowest BCUT2D eigenvalue weighted by Gasteiger charge is -2.14. The molecule has 1 aliphatic rings. The Hall–Kier alpha value is -2.14. The Morgan fingerprint density at radius 3 is 2.82 bits per heavy atom. The minimum atomic E-state index is -0.438. The number of anilines is 1. The summed E-state index contributed by atoms with van der Waals surface area (Å²) in [6.45, 7) is 2.38. The molecule has 1 fully saturated rings. The van der Waals surface area contributed by atoms with Crippen LogP contribution in [0.4, 0.5) is 14.9 Å². The van der Waals surface area contributed by atoms with Gasteiger partial charge in [0.15, 0.2) is 0 Å². The number of carbonyl (C=O) groups excluding carboxylic acids is 1. The van der Waals surface area contributed by atoms with E-state index in [1.165, 1.54) is 17.2 Å². The Bertz CT molecular complexity index is 706. The van der Waals surface area contributed by atoms with Gasteiger partial charge in [0.2, 0.25) is 0 Å². The SMILES string of the molecule is CC[C@H]1CN(c2ccc(-c3ccc(Cl)nc3)c(F)c2)C(=O)O1. The minimum absolute atomic E-state index is 0.143. The monoisotopic (exact) mass is 320 g/mol. The lowest BCUT2D eigenvalue weighted by molar-refractivity contribution is 0.139. The van der Waals surface area contributed by atoms with Crippen molar-refractivity contribution in [2.24, 2.45) is 0 Å². The van der Waals surface area contributed by atoms with Crippen molar-refractivity contribution in [1.29, 1.82) is 0 Å². The van der Waals surface area contributed by atoms with Crippen LogP contribution in [-0.2, 0) is 4.74 Å². The third kappa shape index (κ3) is 2.76. The van der Waals surface area contributed by atoms with Crippen LogP contribution in [-0.4, -0.2) is 23.7 Å². The van der Waals surface area contributed by atoms with Gasteiger partial charge in [-0.1, -0.05) is 18.5 Å². The van der Waals surface area contributed by atoms with Crippen LogP contribution < -0.4 is 4.90 Å². The highest BCUT2D eigenvalue weighted by Gasteiger charge is 2.31. The fraction of sp³-hybridized carbons (Fsp3) is 0.250. The lowest BCUT2D eigenvalue weighted by atomic mass is 10.1. The number of cyclic esters (lactones) is 1. The summed E-state index contributed by atoms with van der Waals surface area (Å²) >= 11 is 5.73. The van der Waals surface area contributed by atoms with Crippen LogP contribution in [0.3, 0.4) is 0 Å². The van der Waals surface area contributed by atoms with Gasteiger partial charge in [-0.05, 0) is 36.8 Å². The molecule has 1 aromatic carbocycles. The topological polar surface area (TPSA) is 42.4 Å². The first-order valence-electron chi connectivity index (χ1n) is 6.98. The first kappa shape index (κ1) is 14.8. The Morgan fingerprint density at radius 1 is 1.41 bits per heavy atom. The van der Waals surface area contributed by atoms with E-state index in [2.05, 4.69) is 4.98 Å². The molecule has 0 radical (unpaired) electrons. The molecule has 2 aromatic rings. The highest BCUT2D eigenvalue weighted by molar-refractivity contribution is 6.29. The van der Waals surface area contributed by atoms with Crippen LogP contribution in [0.15, 0.2) is 36.5 Å². The second-order valence-electron chi connectivity index (χ2n) is 5.06. The molecule has 0 saturated carbocycles. The van der Waals surface area contributed by atoms with Gasteiger partial charge in [-0.15, -0.1) is 0 Å². The van der Waals surface area contributed by atoms with Gasteiger partial charge >= 0.3 is 6.09 Å². The van der Waals surface area contributed by atoms with Crippen LogP contribution in [0.1, 0.15) is 13.3 Å². The van der Waals surface area contributed by atoms with Crippen molar-refractivity contribution >= 4 is 23.4 Å². The lowest BCUT2D eigenvalue weighted by Crippen LogP contribution is -2.24. The average Bonchev–Trinajstić information content (AvgIpc) is 2.89. The second kappa shape index (κ2) is 5.93. The zero-order valence-electron chi connectivity index (χ0n) is 11.9. The van der Waals surface area contributed by atoms with Crippen molar-refractivity contribution in [1.82, 2.24) is 4.98 Å². The summed E-state index contributed by atoms with van der Waals surface area (Å²) in [5.74, 6) is -0.422. The number of benzene rings is 1. The highest BCUT2D eigenvalue weighted by atomic mass is 35.5. The Labute approximate surface area is 132 Å². The summed E-state index contributed by atoms with van der Waals surface area (Å²) in [6, 6.07) is 7.97. The fourth-order valence-corrected chi connectivity index (χ4v) is 2.50. The van der Waals surface area contributed by atoms with Gasteiger partial charge in [-0.3, -0.25) is 4.90 Å². The van der Waals surface area contributed by atoms with Crippen LogP contribution in [0.25, 0.3) is 11.1 Å². The predicted octanol–water partition coefficient (Wildman–Crippen LogP) is 4.28. The third-order valence-electron chi connectivity index (χ3n) is 3.63. The number of ether oxygens (including phenoxy) is 1. The number of rotatable bonds is 3. The molecule has 0 unspecified atom stereocenters. The van der Waals surface area contributed by atoms with E-state index in [0.29, 0.717) is 28.5 Å². The Balaban J connectivity index is 1.89. The molecule has 6 heteroatoms. The molecule has 22 heavy (non-hydrogen) atoms. The molecule has 0 aliphatic carbocycles. The summed E-state index contributed by atoms with van der Waals surface area (Å²) in [4.78, 5) is 17.2. The average molecular weight is 321 g/mol. The van der Waals surface area contributed by atoms with Gasteiger partial charge in [0.25, 0.3) is 0 Å². The van der Waals surface area contributed by atoms with Crippen molar-refractivity contribution in [3.05, 3.63) is 47.5 Å². The zero-order valence-corrected chi connectivity index (χ0v) is 12.7. The van der Waals surface area contributed by atoms with Crippen LogP contribution in [0, 0.1) is 5.82 Å².